The van der Waals surface area contributed by atoms with Gasteiger partial charge in [-0.3, -0.25) is 9.59 Å². The number of amides is 2. The second kappa shape index (κ2) is 6.81. The summed E-state index contributed by atoms with van der Waals surface area (Å²) in [6.07, 6.45) is 7.47. The van der Waals surface area contributed by atoms with Gasteiger partial charge < -0.3 is 9.80 Å². The molecule has 4 rings (SSSR count). The van der Waals surface area contributed by atoms with Crippen molar-refractivity contribution in [3.63, 3.8) is 0 Å². The van der Waals surface area contributed by atoms with Crippen molar-refractivity contribution in [3.8, 4) is 0 Å². The Balaban J connectivity index is 1.41. The predicted molar refractivity (Wildman–Crippen MR) is 96.8 cm³/mol. The van der Waals surface area contributed by atoms with Crippen LogP contribution >= 0.6 is 0 Å². The van der Waals surface area contributed by atoms with Crippen LogP contribution < -0.4 is 0 Å². The molecule has 3 aliphatic rings. The summed E-state index contributed by atoms with van der Waals surface area (Å²) in [6, 6.07) is 9.19. The molecule has 2 saturated carbocycles. The SMILES string of the molecule is Cc1ccc(CN2C[C@@H](C(=O)N(C3CCC3)C3CCC3)CC2=O)cc1. The van der Waals surface area contributed by atoms with Crippen LogP contribution in [0.15, 0.2) is 24.3 Å². The summed E-state index contributed by atoms with van der Waals surface area (Å²) in [5.74, 6) is 0.231. The lowest BCUT2D eigenvalue weighted by atomic mass is 9.83. The van der Waals surface area contributed by atoms with Crippen molar-refractivity contribution >= 4 is 11.8 Å². The molecule has 0 radical (unpaired) electrons. The topological polar surface area (TPSA) is 40.6 Å². The highest BCUT2D eigenvalue weighted by atomic mass is 16.2. The molecule has 1 aromatic carbocycles. The van der Waals surface area contributed by atoms with Gasteiger partial charge in [0.15, 0.2) is 0 Å². The molecule has 1 aliphatic heterocycles. The first-order chi connectivity index (χ1) is 12.1. The lowest BCUT2D eigenvalue weighted by molar-refractivity contribution is -0.145. The number of benzene rings is 1. The van der Waals surface area contributed by atoms with E-state index in [1.807, 2.05) is 4.90 Å². The highest BCUT2D eigenvalue weighted by molar-refractivity contribution is 5.89. The maximum atomic E-state index is 13.1. The van der Waals surface area contributed by atoms with Crippen LogP contribution in [0.25, 0.3) is 0 Å². The molecule has 4 nitrogen and oxygen atoms in total. The van der Waals surface area contributed by atoms with E-state index in [0.717, 1.165) is 31.2 Å². The van der Waals surface area contributed by atoms with Gasteiger partial charge in [-0.15, -0.1) is 0 Å². The summed E-state index contributed by atoms with van der Waals surface area (Å²) < 4.78 is 0. The van der Waals surface area contributed by atoms with Gasteiger partial charge in [-0.2, -0.15) is 0 Å². The number of hydrogen-bond acceptors (Lipinski definition) is 2. The van der Waals surface area contributed by atoms with E-state index in [9.17, 15) is 9.59 Å². The van der Waals surface area contributed by atoms with Crippen molar-refractivity contribution in [3.05, 3.63) is 35.4 Å². The van der Waals surface area contributed by atoms with Gasteiger partial charge in [0.05, 0.1) is 5.92 Å². The lowest BCUT2D eigenvalue weighted by Crippen LogP contribution is -2.54. The smallest absolute Gasteiger partial charge is 0.228 e. The van der Waals surface area contributed by atoms with Crippen molar-refractivity contribution in [2.75, 3.05) is 6.54 Å². The minimum Gasteiger partial charge on any atom is -0.338 e. The molecular weight excluding hydrogens is 312 g/mol. The van der Waals surface area contributed by atoms with Gasteiger partial charge >= 0.3 is 0 Å². The summed E-state index contributed by atoms with van der Waals surface area (Å²) >= 11 is 0. The van der Waals surface area contributed by atoms with E-state index in [2.05, 4.69) is 36.1 Å². The van der Waals surface area contributed by atoms with Crippen LogP contribution in [0.3, 0.4) is 0 Å². The first kappa shape index (κ1) is 16.6. The molecule has 1 atom stereocenters. The molecule has 0 bridgehead atoms. The third kappa shape index (κ3) is 3.31. The van der Waals surface area contributed by atoms with E-state index in [-0.39, 0.29) is 17.7 Å². The van der Waals surface area contributed by atoms with Crippen molar-refractivity contribution in [2.24, 2.45) is 5.92 Å². The maximum Gasteiger partial charge on any atom is 0.228 e. The van der Waals surface area contributed by atoms with Crippen molar-refractivity contribution < 1.29 is 9.59 Å². The molecule has 134 valence electrons. The first-order valence-electron chi connectivity index (χ1n) is 9.77. The van der Waals surface area contributed by atoms with E-state index in [0.29, 0.717) is 31.6 Å². The van der Waals surface area contributed by atoms with Gasteiger partial charge in [0.1, 0.15) is 0 Å². The number of likely N-dealkylation sites (tertiary alicyclic amines) is 1. The van der Waals surface area contributed by atoms with E-state index in [1.165, 1.54) is 18.4 Å². The second-order valence-corrected chi connectivity index (χ2v) is 8.08. The van der Waals surface area contributed by atoms with Crippen molar-refractivity contribution in [2.45, 2.75) is 70.5 Å². The highest BCUT2D eigenvalue weighted by Crippen LogP contribution is 2.36. The predicted octanol–water partition coefficient (Wildman–Crippen LogP) is 3.28. The molecule has 1 aromatic rings. The molecule has 3 fully saturated rings. The summed E-state index contributed by atoms with van der Waals surface area (Å²) in [4.78, 5) is 29.6. The van der Waals surface area contributed by atoms with Crippen LogP contribution in [0.1, 0.15) is 56.1 Å². The molecule has 1 saturated heterocycles. The number of carbonyl (C=O) groups is 2. The third-order valence-electron chi connectivity index (χ3n) is 6.25. The van der Waals surface area contributed by atoms with Crippen molar-refractivity contribution in [1.29, 1.82) is 0 Å². The molecule has 0 spiro atoms. The minimum atomic E-state index is -0.140. The Morgan fingerprint density at radius 3 is 2.20 bits per heavy atom. The van der Waals surface area contributed by atoms with Crippen LogP contribution in [0.5, 0.6) is 0 Å². The van der Waals surface area contributed by atoms with Crippen molar-refractivity contribution in [1.82, 2.24) is 9.80 Å². The first-order valence-corrected chi connectivity index (χ1v) is 9.77. The number of aryl methyl sites for hydroxylation is 1. The molecule has 25 heavy (non-hydrogen) atoms. The van der Waals surface area contributed by atoms with E-state index in [4.69, 9.17) is 0 Å². The Hall–Kier alpha value is -1.84. The largest absolute Gasteiger partial charge is 0.338 e. The highest BCUT2D eigenvalue weighted by Gasteiger charge is 2.43. The molecule has 0 N–H and O–H groups in total. The monoisotopic (exact) mass is 340 g/mol. The standard InChI is InChI=1S/C21H28N2O2/c1-15-8-10-16(11-9-15)13-22-14-17(12-20(22)24)21(25)23(18-4-2-5-18)19-6-3-7-19/h8-11,17-19H,2-7,12-14H2,1H3/t17-/m0/s1. The Labute approximate surface area is 150 Å². The third-order valence-corrected chi connectivity index (χ3v) is 6.25. The molecule has 0 unspecified atom stereocenters. The summed E-state index contributed by atoms with van der Waals surface area (Å²) in [6.45, 7) is 3.27. The maximum absolute atomic E-state index is 13.1. The average molecular weight is 340 g/mol. The van der Waals surface area contributed by atoms with Gasteiger partial charge in [0.2, 0.25) is 11.8 Å². The fraction of sp³-hybridized carbons (Fsp3) is 0.619. The van der Waals surface area contributed by atoms with Gasteiger partial charge in [-0.25, -0.2) is 0 Å². The van der Waals surface area contributed by atoms with Crippen LogP contribution in [0.2, 0.25) is 0 Å². The quantitative estimate of drug-likeness (QED) is 0.825. The average Bonchev–Trinajstić information content (AvgIpc) is 2.86. The number of carbonyl (C=O) groups excluding carboxylic acids is 2. The van der Waals surface area contributed by atoms with Gasteiger partial charge in [0, 0.05) is 31.6 Å². The molecule has 2 aliphatic carbocycles. The molecule has 1 heterocycles. The fourth-order valence-electron chi connectivity index (χ4n) is 4.20. The van der Waals surface area contributed by atoms with E-state index >= 15 is 0 Å². The van der Waals surface area contributed by atoms with Gasteiger partial charge in [0.25, 0.3) is 0 Å². The number of rotatable bonds is 5. The Kier molecular flexibility index (Phi) is 4.53. The normalized spacial score (nSPS) is 24.1. The van der Waals surface area contributed by atoms with Gasteiger partial charge in [-0.05, 0) is 51.0 Å². The van der Waals surface area contributed by atoms with E-state index < -0.39 is 0 Å². The van der Waals surface area contributed by atoms with Crippen LogP contribution in [-0.4, -0.2) is 40.2 Å². The van der Waals surface area contributed by atoms with Crippen LogP contribution in [0, 0.1) is 12.8 Å². The summed E-state index contributed by atoms with van der Waals surface area (Å²) in [5.41, 5.74) is 2.36. The molecule has 0 aromatic heterocycles. The minimum absolute atomic E-state index is 0.126. The zero-order valence-electron chi connectivity index (χ0n) is 15.1. The van der Waals surface area contributed by atoms with Crippen LogP contribution in [0.4, 0.5) is 0 Å². The molecule has 2 amide bonds. The summed E-state index contributed by atoms with van der Waals surface area (Å²) in [7, 11) is 0. The molecular formula is C21H28N2O2. The van der Waals surface area contributed by atoms with Gasteiger partial charge in [-0.1, -0.05) is 29.8 Å². The second-order valence-electron chi connectivity index (χ2n) is 8.08. The zero-order valence-corrected chi connectivity index (χ0v) is 15.1. The zero-order chi connectivity index (χ0) is 17.4. The van der Waals surface area contributed by atoms with Crippen LogP contribution in [-0.2, 0) is 16.1 Å². The molecule has 4 heteroatoms. The number of nitrogens with zero attached hydrogens (tertiary/aromatic N) is 2. The Morgan fingerprint density at radius 2 is 1.68 bits per heavy atom. The Morgan fingerprint density at radius 1 is 1.08 bits per heavy atom. The lowest BCUT2D eigenvalue weighted by Gasteiger charge is -2.47. The number of hydrogen-bond donors (Lipinski definition) is 0. The fourth-order valence-corrected chi connectivity index (χ4v) is 4.20. The summed E-state index contributed by atoms with van der Waals surface area (Å²) in [5, 5.41) is 0. The Bertz CT molecular complexity index is 632. The van der Waals surface area contributed by atoms with E-state index in [1.54, 1.807) is 0 Å².